The van der Waals surface area contributed by atoms with Gasteiger partial charge in [0.1, 0.15) is 0 Å². The SMILES string of the molecule is CCCCCCCCc1ccc2c(c1)c1c3c4cc(C#Cc5ccccc5)ccc4n4c5ccc(C)cc5c(c5c6cc(C#Cc7ccccc7)ccc6n2c51)c34. The first-order valence-corrected chi connectivity index (χ1v) is 20.7. The highest BCUT2D eigenvalue weighted by atomic mass is 14.9. The van der Waals surface area contributed by atoms with Crippen molar-refractivity contribution in [3.8, 4) is 23.7 Å². The zero-order chi connectivity index (χ0) is 38.0. The molecule has 272 valence electrons. The van der Waals surface area contributed by atoms with Gasteiger partial charge in [0.2, 0.25) is 0 Å². The summed E-state index contributed by atoms with van der Waals surface area (Å²) in [6.07, 6.45) is 8.91. The van der Waals surface area contributed by atoms with Gasteiger partial charge in [0.25, 0.3) is 0 Å². The smallest absolute Gasteiger partial charge is 0.0634 e. The number of rotatable bonds is 7. The zero-order valence-electron chi connectivity index (χ0n) is 32.5. The van der Waals surface area contributed by atoms with Gasteiger partial charge in [-0.05, 0) is 110 Å². The number of benzene rings is 7. The molecule has 4 heterocycles. The normalized spacial score (nSPS) is 11.9. The second-order valence-corrected chi connectivity index (χ2v) is 16.0. The van der Waals surface area contributed by atoms with Gasteiger partial charge < -0.3 is 8.80 Å². The molecule has 0 amide bonds. The van der Waals surface area contributed by atoms with Gasteiger partial charge in [-0.1, -0.05) is 117 Å². The molecule has 2 heteroatoms. The summed E-state index contributed by atoms with van der Waals surface area (Å²) in [4.78, 5) is 0. The van der Waals surface area contributed by atoms with Gasteiger partial charge in [-0.3, -0.25) is 0 Å². The molecule has 0 saturated carbocycles. The lowest BCUT2D eigenvalue weighted by atomic mass is 9.95. The number of fused-ring (bicyclic) bond motifs is 14. The topological polar surface area (TPSA) is 8.82 Å². The monoisotopic (exact) mass is 730 g/mol. The van der Waals surface area contributed by atoms with Crippen molar-refractivity contribution >= 4 is 76.2 Å². The van der Waals surface area contributed by atoms with Crippen LogP contribution in [0.25, 0.3) is 76.2 Å². The molecule has 0 aliphatic carbocycles. The molecule has 0 radical (unpaired) electrons. The van der Waals surface area contributed by atoms with E-state index in [-0.39, 0.29) is 0 Å². The van der Waals surface area contributed by atoms with Gasteiger partial charge in [-0.2, -0.15) is 0 Å². The minimum Gasteiger partial charge on any atom is -0.308 e. The fourth-order valence-corrected chi connectivity index (χ4v) is 9.60. The molecule has 57 heavy (non-hydrogen) atoms. The summed E-state index contributed by atoms with van der Waals surface area (Å²) >= 11 is 0. The van der Waals surface area contributed by atoms with Crippen LogP contribution in [0.3, 0.4) is 0 Å². The van der Waals surface area contributed by atoms with E-state index in [0.29, 0.717) is 0 Å². The molecule has 11 rings (SSSR count). The van der Waals surface area contributed by atoms with Gasteiger partial charge in [0.05, 0.1) is 33.1 Å². The summed E-state index contributed by atoms with van der Waals surface area (Å²) in [6, 6.07) is 48.6. The van der Waals surface area contributed by atoms with Crippen LogP contribution in [0.1, 0.15) is 78.8 Å². The maximum absolute atomic E-state index is 3.52. The third kappa shape index (κ3) is 5.36. The molecule has 0 bridgehead atoms. The van der Waals surface area contributed by atoms with Crippen LogP contribution in [-0.2, 0) is 6.42 Å². The molecule has 4 aromatic heterocycles. The summed E-state index contributed by atoms with van der Waals surface area (Å²) < 4.78 is 5.10. The molecule has 11 aromatic rings. The minimum absolute atomic E-state index is 1.02. The molecule has 0 N–H and O–H groups in total. The third-order valence-corrected chi connectivity index (χ3v) is 12.2. The number of aryl methyl sites for hydroxylation is 2. The van der Waals surface area contributed by atoms with Crippen molar-refractivity contribution in [3.63, 3.8) is 0 Å². The Bertz CT molecular complexity index is 3450. The molecular weight excluding hydrogens is 689 g/mol. The van der Waals surface area contributed by atoms with Crippen LogP contribution < -0.4 is 0 Å². The van der Waals surface area contributed by atoms with E-state index in [1.54, 1.807) is 0 Å². The molecule has 0 aliphatic heterocycles. The quantitative estimate of drug-likeness (QED) is 0.114. The fraction of sp³-hybridized carbons (Fsp3) is 0.164. The minimum atomic E-state index is 1.02. The van der Waals surface area contributed by atoms with Gasteiger partial charge in [-0.15, -0.1) is 0 Å². The van der Waals surface area contributed by atoms with Crippen molar-refractivity contribution in [3.05, 3.63) is 167 Å². The van der Waals surface area contributed by atoms with Gasteiger partial charge in [-0.25, -0.2) is 0 Å². The molecule has 0 unspecified atom stereocenters. The molecule has 0 saturated heterocycles. The van der Waals surface area contributed by atoms with Crippen molar-refractivity contribution < 1.29 is 0 Å². The fourth-order valence-electron chi connectivity index (χ4n) is 9.60. The Labute approximate surface area is 333 Å². The van der Waals surface area contributed by atoms with Crippen LogP contribution in [0.5, 0.6) is 0 Å². The second kappa shape index (κ2) is 13.5. The van der Waals surface area contributed by atoms with E-state index >= 15 is 0 Å². The molecular formula is C55H42N2. The van der Waals surface area contributed by atoms with E-state index in [1.807, 2.05) is 12.1 Å². The maximum atomic E-state index is 3.52. The van der Waals surface area contributed by atoms with Crippen LogP contribution in [-0.4, -0.2) is 8.80 Å². The second-order valence-electron chi connectivity index (χ2n) is 16.0. The highest BCUT2D eigenvalue weighted by Gasteiger charge is 2.28. The van der Waals surface area contributed by atoms with Crippen molar-refractivity contribution in [2.75, 3.05) is 0 Å². The first-order valence-electron chi connectivity index (χ1n) is 20.7. The Morgan fingerprint density at radius 1 is 0.404 bits per heavy atom. The van der Waals surface area contributed by atoms with Crippen LogP contribution in [0, 0.1) is 30.6 Å². The van der Waals surface area contributed by atoms with Crippen LogP contribution >= 0.6 is 0 Å². The van der Waals surface area contributed by atoms with Crippen LogP contribution in [0.4, 0.5) is 0 Å². The average molecular weight is 731 g/mol. The van der Waals surface area contributed by atoms with Crippen molar-refractivity contribution in [2.24, 2.45) is 0 Å². The number of nitrogens with zero attached hydrogens (tertiary/aromatic N) is 2. The number of unbranched alkanes of at least 4 members (excludes halogenated alkanes) is 5. The van der Waals surface area contributed by atoms with Crippen molar-refractivity contribution in [1.29, 1.82) is 0 Å². The Kier molecular flexibility index (Phi) is 7.94. The zero-order valence-corrected chi connectivity index (χ0v) is 32.5. The van der Waals surface area contributed by atoms with Crippen molar-refractivity contribution in [2.45, 2.75) is 58.8 Å². The lowest BCUT2D eigenvalue weighted by molar-refractivity contribution is 0.607. The highest BCUT2D eigenvalue weighted by molar-refractivity contribution is 6.45. The van der Waals surface area contributed by atoms with Crippen molar-refractivity contribution in [1.82, 2.24) is 8.80 Å². The predicted molar refractivity (Wildman–Crippen MR) is 242 cm³/mol. The molecule has 0 fully saturated rings. The first-order chi connectivity index (χ1) is 28.2. The largest absolute Gasteiger partial charge is 0.308 e. The lowest BCUT2D eigenvalue weighted by Crippen LogP contribution is -1.87. The molecule has 7 aromatic carbocycles. The first kappa shape index (κ1) is 33.6. The van der Waals surface area contributed by atoms with Gasteiger partial charge in [0, 0.05) is 65.3 Å². The van der Waals surface area contributed by atoms with E-state index in [2.05, 4.69) is 168 Å². The Morgan fingerprint density at radius 3 is 1.39 bits per heavy atom. The number of aromatic nitrogens is 2. The van der Waals surface area contributed by atoms with E-state index in [0.717, 1.165) is 28.7 Å². The van der Waals surface area contributed by atoms with E-state index in [4.69, 9.17) is 0 Å². The molecule has 0 atom stereocenters. The molecule has 0 aliphatic rings. The lowest BCUT2D eigenvalue weighted by Gasteiger charge is -2.06. The number of hydrogen-bond acceptors (Lipinski definition) is 0. The summed E-state index contributed by atoms with van der Waals surface area (Å²) in [6.45, 7) is 4.51. The summed E-state index contributed by atoms with van der Waals surface area (Å²) in [7, 11) is 0. The predicted octanol–water partition coefficient (Wildman–Crippen LogP) is 14.0. The Hall–Kier alpha value is -6.74. The standard InChI is InChI=1S/C55H42N2/c1-3-4-5-6-7-10-19-39-25-29-47-43(33-39)52-53-45-35-41(24-22-38-17-13-9-14-18-38)26-30-48(45)56-46-28-20-36(2)32-42(46)50(54(53)56)51-44-34-40(23-21-37-15-11-8-12-16-37)27-31-49(44)57(47)55(51)52/h8-9,11-18,20,25-35H,3-7,10,19H2,1-2H3. The van der Waals surface area contributed by atoms with Gasteiger partial charge in [0.15, 0.2) is 0 Å². The Balaban J connectivity index is 1.24. The van der Waals surface area contributed by atoms with E-state index in [1.165, 1.54) is 126 Å². The summed E-state index contributed by atoms with van der Waals surface area (Å²) in [5.74, 6) is 13.9. The van der Waals surface area contributed by atoms with E-state index in [9.17, 15) is 0 Å². The summed E-state index contributed by atoms with van der Waals surface area (Å²) in [5, 5.41) is 10.5. The Morgan fingerprint density at radius 2 is 0.842 bits per heavy atom. The van der Waals surface area contributed by atoms with Gasteiger partial charge >= 0.3 is 0 Å². The molecule has 2 nitrogen and oxygen atoms in total. The summed E-state index contributed by atoms with van der Waals surface area (Å²) in [5.41, 5.74) is 14.4. The molecule has 0 spiro atoms. The number of hydrogen-bond donors (Lipinski definition) is 0. The highest BCUT2D eigenvalue weighted by Crippen LogP contribution is 2.52. The maximum Gasteiger partial charge on any atom is 0.0634 e. The third-order valence-electron chi connectivity index (χ3n) is 12.2. The van der Waals surface area contributed by atoms with E-state index < -0.39 is 0 Å². The van der Waals surface area contributed by atoms with Crippen LogP contribution in [0.15, 0.2) is 133 Å². The van der Waals surface area contributed by atoms with Crippen LogP contribution in [0.2, 0.25) is 0 Å². The average Bonchev–Trinajstić information content (AvgIpc) is 3.96.